The van der Waals surface area contributed by atoms with Gasteiger partial charge in [-0.05, 0) is 78.9 Å². The molecule has 0 atom stereocenters. The monoisotopic (exact) mass is 562 g/mol. The Kier molecular flexibility index (Phi) is 9.88. The molecule has 4 aromatic rings. The zero-order valence-corrected chi connectivity index (χ0v) is 23.4. The van der Waals surface area contributed by atoms with Crippen LogP contribution >= 0.6 is 0 Å². The van der Waals surface area contributed by atoms with E-state index < -0.39 is 11.8 Å². The summed E-state index contributed by atoms with van der Waals surface area (Å²) >= 11 is 0. The van der Waals surface area contributed by atoms with Crippen molar-refractivity contribution in [3.05, 3.63) is 131 Å². The molecule has 4 aromatic carbocycles. The molecule has 8 nitrogen and oxygen atoms in total. The van der Waals surface area contributed by atoms with Crippen molar-refractivity contribution in [1.29, 1.82) is 0 Å². The number of methoxy groups -OCH3 is 3. The Balaban J connectivity index is 1.52. The summed E-state index contributed by atoms with van der Waals surface area (Å²) < 4.78 is 16.0. The first-order valence-corrected chi connectivity index (χ1v) is 13.0. The summed E-state index contributed by atoms with van der Waals surface area (Å²) in [5.41, 5.74) is 2.59. The molecular weight excluding hydrogens is 532 g/mol. The number of hydrogen-bond acceptors (Lipinski definition) is 6. The van der Waals surface area contributed by atoms with E-state index in [9.17, 15) is 14.4 Å². The second kappa shape index (κ2) is 14.1. The van der Waals surface area contributed by atoms with Crippen LogP contribution < -0.4 is 24.8 Å². The highest BCUT2D eigenvalue weighted by Crippen LogP contribution is 2.25. The van der Waals surface area contributed by atoms with E-state index >= 15 is 0 Å². The fourth-order valence-electron chi connectivity index (χ4n) is 4.03. The molecule has 0 aliphatic rings. The van der Waals surface area contributed by atoms with E-state index in [0.717, 1.165) is 0 Å². The average molecular weight is 563 g/mol. The highest BCUT2D eigenvalue weighted by atomic mass is 16.5. The highest BCUT2D eigenvalue weighted by molar-refractivity contribution is 6.11. The first kappa shape index (κ1) is 29.4. The van der Waals surface area contributed by atoms with Gasteiger partial charge in [0.1, 0.15) is 22.9 Å². The van der Waals surface area contributed by atoms with Gasteiger partial charge >= 0.3 is 0 Å². The molecule has 0 aliphatic carbocycles. The van der Waals surface area contributed by atoms with Gasteiger partial charge < -0.3 is 24.8 Å². The lowest BCUT2D eigenvalue weighted by Crippen LogP contribution is -2.30. The van der Waals surface area contributed by atoms with Gasteiger partial charge in [-0.25, -0.2) is 0 Å². The van der Waals surface area contributed by atoms with Crippen molar-refractivity contribution in [1.82, 2.24) is 5.32 Å². The first-order chi connectivity index (χ1) is 20.4. The summed E-state index contributed by atoms with van der Waals surface area (Å²) in [6.45, 7) is 0. The summed E-state index contributed by atoms with van der Waals surface area (Å²) in [5, 5.41) is 5.49. The lowest BCUT2D eigenvalue weighted by Gasteiger charge is -2.13. The second-order valence-electron chi connectivity index (χ2n) is 8.96. The van der Waals surface area contributed by atoms with Crippen LogP contribution in [0.15, 0.2) is 109 Å². The fourth-order valence-corrected chi connectivity index (χ4v) is 4.03. The smallest absolute Gasteiger partial charge is 0.272 e. The molecule has 0 radical (unpaired) electrons. The molecule has 0 fully saturated rings. The number of carbonyl (C=O) groups is 3. The Morgan fingerprint density at radius 1 is 0.667 bits per heavy atom. The molecule has 42 heavy (non-hydrogen) atoms. The summed E-state index contributed by atoms with van der Waals surface area (Å²) in [7, 11) is 4.65. The summed E-state index contributed by atoms with van der Waals surface area (Å²) in [6, 6.07) is 27.5. The number of allylic oxidation sites excluding steroid dienone is 1. The van der Waals surface area contributed by atoms with Crippen LogP contribution in [-0.2, 0) is 4.79 Å². The van der Waals surface area contributed by atoms with Gasteiger partial charge in [0.2, 0.25) is 0 Å². The molecule has 0 heterocycles. The molecule has 2 amide bonds. The van der Waals surface area contributed by atoms with E-state index in [0.29, 0.717) is 45.2 Å². The highest BCUT2D eigenvalue weighted by Gasteiger charge is 2.16. The van der Waals surface area contributed by atoms with Crippen LogP contribution in [0.25, 0.3) is 12.2 Å². The Labute approximate surface area is 244 Å². The van der Waals surface area contributed by atoms with Gasteiger partial charge in [0.05, 0.1) is 21.3 Å². The largest absolute Gasteiger partial charge is 0.497 e. The van der Waals surface area contributed by atoms with Gasteiger partial charge in [-0.1, -0.05) is 36.4 Å². The summed E-state index contributed by atoms with van der Waals surface area (Å²) in [6.07, 6.45) is 4.65. The number of carbonyl (C=O) groups excluding carboxylic acids is 3. The molecule has 0 unspecified atom stereocenters. The number of amides is 2. The predicted molar refractivity (Wildman–Crippen MR) is 163 cm³/mol. The van der Waals surface area contributed by atoms with E-state index in [1.807, 2.05) is 6.07 Å². The van der Waals surface area contributed by atoms with Crippen molar-refractivity contribution in [2.75, 3.05) is 26.6 Å². The van der Waals surface area contributed by atoms with Crippen molar-refractivity contribution in [2.24, 2.45) is 0 Å². The fraction of sp³-hybridized carbons (Fsp3) is 0.0882. The second-order valence-corrected chi connectivity index (χ2v) is 8.96. The lowest BCUT2D eigenvalue weighted by molar-refractivity contribution is -0.113. The SMILES string of the molecule is COc1ccc(OC)c(/C=C/C(=O)c2ccc(NC(=O)/C(=C/c3ccccc3OC)NC(=O)c3ccccc3)cc2)c1. The quantitative estimate of drug-likeness (QED) is 0.171. The van der Waals surface area contributed by atoms with Gasteiger partial charge in [-0.3, -0.25) is 14.4 Å². The van der Waals surface area contributed by atoms with Crippen LogP contribution in [0.1, 0.15) is 31.8 Å². The third-order valence-corrected chi connectivity index (χ3v) is 6.25. The van der Waals surface area contributed by atoms with E-state index in [4.69, 9.17) is 14.2 Å². The lowest BCUT2D eigenvalue weighted by atomic mass is 10.1. The number of para-hydroxylation sites is 1. The average Bonchev–Trinajstić information content (AvgIpc) is 3.04. The molecule has 212 valence electrons. The molecular formula is C34H30N2O6. The minimum absolute atomic E-state index is 0.0173. The minimum atomic E-state index is -0.547. The van der Waals surface area contributed by atoms with E-state index in [-0.39, 0.29) is 11.5 Å². The van der Waals surface area contributed by atoms with Gasteiger partial charge in [0.15, 0.2) is 5.78 Å². The molecule has 0 saturated heterocycles. The zero-order valence-electron chi connectivity index (χ0n) is 23.4. The number of rotatable bonds is 11. The number of ether oxygens (including phenoxy) is 3. The van der Waals surface area contributed by atoms with Crippen LogP contribution in [0.4, 0.5) is 5.69 Å². The number of nitrogens with one attached hydrogen (secondary N) is 2. The van der Waals surface area contributed by atoms with E-state index in [1.54, 1.807) is 117 Å². The molecule has 4 rings (SSSR count). The van der Waals surface area contributed by atoms with Crippen LogP contribution in [0.5, 0.6) is 17.2 Å². The van der Waals surface area contributed by atoms with Gasteiger partial charge in [0, 0.05) is 27.9 Å². The van der Waals surface area contributed by atoms with Crippen molar-refractivity contribution in [2.45, 2.75) is 0 Å². The van der Waals surface area contributed by atoms with Crippen molar-refractivity contribution < 1.29 is 28.6 Å². The van der Waals surface area contributed by atoms with E-state index in [1.165, 1.54) is 13.2 Å². The van der Waals surface area contributed by atoms with Crippen LogP contribution in [-0.4, -0.2) is 38.9 Å². The molecule has 0 aliphatic heterocycles. The third-order valence-electron chi connectivity index (χ3n) is 6.25. The maximum Gasteiger partial charge on any atom is 0.272 e. The molecule has 2 N–H and O–H groups in total. The molecule has 0 aromatic heterocycles. The normalized spacial score (nSPS) is 11.1. The molecule has 0 bridgehead atoms. The first-order valence-electron chi connectivity index (χ1n) is 13.0. The summed E-state index contributed by atoms with van der Waals surface area (Å²) in [4.78, 5) is 39.1. The van der Waals surface area contributed by atoms with Crippen molar-refractivity contribution in [3.8, 4) is 17.2 Å². The topological polar surface area (TPSA) is 103 Å². The molecule has 0 spiro atoms. The minimum Gasteiger partial charge on any atom is -0.497 e. The van der Waals surface area contributed by atoms with Gasteiger partial charge in [-0.15, -0.1) is 0 Å². The maximum atomic E-state index is 13.3. The molecule has 0 saturated carbocycles. The van der Waals surface area contributed by atoms with Crippen LogP contribution in [0.2, 0.25) is 0 Å². The van der Waals surface area contributed by atoms with Crippen molar-refractivity contribution in [3.63, 3.8) is 0 Å². The van der Waals surface area contributed by atoms with Crippen LogP contribution in [0.3, 0.4) is 0 Å². The molecule has 8 heteroatoms. The number of anilines is 1. The standard InChI is InChI=1S/C34H30N2O6/c1-40-28-18-20-32(42-3)26(21-28)15-19-30(37)23-13-16-27(17-14-23)35-34(39)29(22-25-11-7-8-12-31(25)41-2)36-33(38)24-9-5-4-6-10-24/h4-22H,1-3H3,(H,35,39)(H,36,38)/b19-15+,29-22-. The number of hydrogen-bond donors (Lipinski definition) is 2. The Morgan fingerprint density at radius 3 is 2.02 bits per heavy atom. The Hall–Kier alpha value is -5.63. The third kappa shape index (κ3) is 7.51. The maximum absolute atomic E-state index is 13.3. The Bertz CT molecular complexity index is 1630. The van der Waals surface area contributed by atoms with Crippen molar-refractivity contribution >= 4 is 35.4 Å². The summed E-state index contributed by atoms with van der Waals surface area (Å²) in [5.74, 6) is 0.571. The predicted octanol–water partition coefficient (Wildman–Crippen LogP) is 6.02. The van der Waals surface area contributed by atoms with Crippen LogP contribution in [0, 0.1) is 0 Å². The van der Waals surface area contributed by atoms with E-state index in [2.05, 4.69) is 10.6 Å². The number of ketones is 1. The van der Waals surface area contributed by atoms with Gasteiger partial charge in [0.25, 0.3) is 11.8 Å². The number of benzene rings is 4. The Morgan fingerprint density at radius 2 is 1.33 bits per heavy atom. The van der Waals surface area contributed by atoms with Gasteiger partial charge in [-0.2, -0.15) is 0 Å². The zero-order chi connectivity index (χ0) is 29.9.